The summed E-state index contributed by atoms with van der Waals surface area (Å²) in [5.74, 6) is -0.608. The van der Waals surface area contributed by atoms with E-state index in [0.717, 1.165) is 11.1 Å². The van der Waals surface area contributed by atoms with Crippen molar-refractivity contribution in [3.05, 3.63) is 65.7 Å². The zero-order chi connectivity index (χ0) is 35.6. The van der Waals surface area contributed by atoms with Gasteiger partial charge in [0.1, 0.15) is 30.0 Å². The molecule has 13 heteroatoms. The number of rotatable bonds is 6. The molecule has 2 aromatic rings. The molecule has 0 spiro atoms. The van der Waals surface area contributed by atoms with Gasteiger partial charge in [-0.2, -0.15) is 0 Å². The molecular weight excluding hydrogens is 632 g/mol. The Labute approximate surface area is 289 Å². The second-order valence-corrected chi connectivity index (χ2v) is 13.1. The molecule has 5 N–H and O–H groups in total. The standard InChI is InChI=1S/C36H54N4O9/c1-25(2)30-33(42)37-15-16-45-17-18-46-19-20-47-21-22-48-28-13-11-27(12-14-28)24-38-31(34(43)40-30)32(41)29(23-26-9-7-6-8-10-26)39-35(44)49-36(3,4)5/h6-14,25,29-32,38,41H,15-24H2,1-5H3,(H,37,42)(H,39,44)(H,40,43)/t29-,30-,31+,32+/m0/s1. The number of aliphatic hydroxyl groups is 1. The zero-order valence-corrected chi connectivity index (χ0v) is 29.4. The smallest absolute Gasteiger partial charge is 0.407 e. The van der Waals surface area contributed by atoms with Crippen molar-refractivity contribution < 1.29 is 43.2 Å². The number of benzene rings is 2. The van der Waals surface area contributed by atoms with Crippen LogP contribution >= 0.6 is 0 Å². The molecule has 2 heterocycles. The number of carbonyl (C=O) groups excluding carboxylic acids is 3. The van der Waals surface area contributed by atoms with E-state index in [-0.39, 0.29) is 37.9 Å². The predicted octanol–water partition coefficient (Wildman–Crippen LogP) is 2.34. The third-order valence-electron chi connectivity index (χ3n) is 7.52. The number of ether oxygens (including phenoxy) is 5. The van der Waals surface area contributed by atoms with Gasteiger partial charge in [-0.25, -0.2) is 4.79 Å². The fraction of sp³-hybridized carbons (Fsp3) is 0.583. The molecule has 4 atom stereocenters. The van der Waals surface area contributed by atoms with Crippen LogP contribution in [-0.4, -0.2) is 106 Å². The average Bonchev–Trinajstić information content (AvgIpc) is 3.05. The van der Waals surface area contributed by atoms with Crippen LogP contribution in [-0.2, 0) is 41.5 Å². The second-order valence-electron chi connectivity index (χ2n) is 13.1. The highest BCUT2D eigenvalue weighted by Crippen LogP contribution is 2.16. The molecule has 2 aliphatic heterocycles. The summed E-state index contributed by atoms with van der Waals surface area (Å²) in [6, 6.07) is 13.6. The van der Waals surface area contributed by atoms with Gasteiger partial charge < -0.3 is 44.7 Å². The highest BCUT2D eigenvalue weighted by molar-refractivity contribution is 5.90. The molecule has 0 saturated carbocycles. The van der Waals surface area contributed by atoms with E-state index in [1.54, 1.807) is 20.8 Å². The van der Waals surface area contributed by atoms with Crippen molar-refractivity contribution >= 4 is 17.9 Å². The third kappa shape index (κ3) is 15.1. The van der Waals surface area contributed by atoms with E-state index in [1.165, 1.54) is 0 Å². The molecule has 272 valence electrons. The van der Waals surface area contributed by atoms with E-state index in [9.17, 15) is 19.5 Å². The first-order valence-corrected chi connectivity index (χ1v) is 16.9. The van der Waals surface area contributed by atoms with Crippen LogP contribution in [0.3, 0.4) is 0 Å². The van der Waals surface area contributed by atoms with Crippen LogP contribution in [0.5, 0.6) is 5.75 Å². The Morgan fingerprint density at radius 2 is 1.49 bits per heavy atom. The molecule has 4 rings (SSSR count). The monoisotopic (exact) mass is 686 g/mol. The van der Waals surface area contributed by atoms with Gasteiger partial charge >= 0.3 is 6.09 Å². The first kappa shape index (κ1) is 39.7. The van der Waals surface area contributed by atoms with Gasteiger partial charge in [-0.3, -0.25) is 14.9 Å². The first-order chi connectivity index (χ1) is 23.4. The maximum absolute atomic E-state index is 14.0. The zero-order valence-electron chi connectivity index (χ0n) is 29.4. The molecule has 0 radical (unpaired) electrons. The summed E-state index contributed by atoms with van der Waals surface area (Å²) in [4.78, 5) is 40.2. The number of carbonyl (C=O) groups is 3. The summed E-state index contributed by atoms with van der Waals surface area (Å²) >= 11 is 0. The molecule has 2 aromatic carbocycles. The van der Waals surface area contributed by atoms with Gasteiger partial charge in [-0.15, -0.1) is 0 Å². The number of hydrogen-bond donors (Lipinski definition) is 5. The number of hydrogen-bond acceptors (Lipinski definition) is 10. The largest absolute Gasteiger partial charge is 0.491 e. The van der Waals surface area contributed by atoms with E-state index < -0.39 is 41.8 Å². The summed E-state index contributed by atoms with van der Waals surface area (Å²) < 4.78 is 27.9. The minimum atomic E-state index is -1.43. The van der Waals surface area contributed by atoms with Gasteiger partial charge in [0.05, 0.1) is 51.8 Å². The Kier molecular flexibility index (Phi) is 16.8. The summed E-state index contributed by atoms with van der Waals surface area (Å²) in [5, 5.41) is 23.5. The van der Waals surface area contributed by atoms with Crippen molar-refractivity contribution in [2.45, 2.75) is 77.4 Å². The molecule has 3 amide bonds. The highest BCUT2D eigenvalue weighted by atomic mass is 16.6. The number of nitrogens with one attached hydrogen (secondary N) is 4. The third-order valence-corrected chi connectivity index (χ3v) is 7.52. The van der Waals surface area contributed by atoms with Gasteiger partial charge in [0.15, 0.2) is 0 Å². The Morgan fingerprint density at radius 1 is 0.878 bits per heavy atom. The Balaban J connectivity index is 1.88. The number of amides is 3. The minimum absolute atomic E-state index is 0.193. The maximum atomic E-state index is 14.0. The summed E-state index contributed by atoms with van der Waals surface area (Å²) in [5.41, 5.74) is 0.871. The molecule has 13 nitrogen and oxygen atoms in total. The van der Waals surface area contributed by atoms with Crippen LogP contribution in [0.15, 0.2) is 54.6 Å². The lowest BCUT2D eigenvalue weighted by molar-refractivity contribution is -0.133. The van der Waals surface area contributed by atoms with Crippen LogP contribution < -0.4 is 26.0 Å². The van der Waals surface area contributed by atoms with Crippen molar-refractivity contribution in [2.75, 3.05) is 52.8 Å². The quantitative estimate of drug-likeness (QED) is 0.285. The first-order valence-electron chi connectivity index (χ1n) is 16.9. The van der Waals surface area contributed by atoms with Gasteiger partial charge in [0.2, 0.25) is 11.8 Å². The lowest BCUT2D eigenvalue weighted by Crippen LogP contribution is -2.62. The number of aliphatic hydroxyl groups excluding tert-OH is 1. The van der Waals surface area contributed by atoms with E-state index in [0.29, 0.717) is 45.4 Å². The molecule has 0 aliphatic carbocycles. The minimum Gasteiger partial charge on any atom is -0.491 e. The van der Waals surface area contributed by atoms with E-state index in [2.05, 4.69) is 21.3 Å². The fourth-order valence-electron chi connectivity index (χ4n) is 5.01. The van der Waals surface area contributed by atoms with Gasteiger partial charge in [-0.1, -0.05) is 56.3 Å². The normalized spacial score (nSPS) is 21.0. The fourth-order valence-corrected chi connectivity index (χ4v) is 5.01. The van der Waals surface area contributed by atoms with Gasteiger partial charge in [0, 0.05) is 13.1 Å². The van der Waals surface area contributed by atoms with Gasteiger partial charge in [0.25, 0.3) is 0 Å². The highest BCUT2D eigenvalue weighted by Gasteiger charge is 2.37. The van der Waals surface area contributed by atoms with Crippen LogP contribution in [0.2, 0.25) is 0 Å². The second kappa shape index (κ2) is 20.7. The van der Waals surface area contributed by atoms with E-state index in [1.807, 2.05) is 68.4 Å². The Bertz CT molecular complexity index is 1270. The molecule has 0 fully saturated rings. The van der Waals surface area contributed by atoms with Crippen LogP contribution in [0.4, 0.5) is 4.79 Å². The van der Waals surface area contributed by atoms with Crippen LogP contribution in [0.1, 0.15) is 45.7 Å². The molecule has 0 saturated heterocycles. The summed E-state index contributed by atoms with van der Waals surface area (Å²) in [7, 11) is 0. The van der Waals surface area contributed by atoms with Crippen molar-refractivity contribution in [3.8, 4) is 5.75 Å². The molecular formula is C36H54N4O9. The lowest BCUT2D eigenvalue weighted by Gasteiger charge is -2.33. The Hall–Kier alpha value is -3.75. The molecule has 0 aromatic heterocycles. The van der Waals surface area contributed by atoms with Crippen LogP contribution in [0.25, 0.3) is 0 Å². The lowest BCUT2D eigenvalue weighted by atomic mass is 9.94. The van der Waals surface area contributed by atoms with E-state index in [4.69, 9.17) is 23.7 Å². The molecule has 49 heavy (non-hydrogen) atoms. The number of alkyl carbamates (subject to hydrolysis) is 1. The molecule has 2 aliphatic rings. The summed E-state index contributed by atoms with van der Waals surface area (Å²) in [6.45, 7) is 11.9. The number of fused-ring (bicyclic) bond motifs is 21. The maximum Gasteiger partial charge on any atom is 0.407 e. The predicted molar refractivity (Wildman–Crippen MR) is 184 cm³/mol. The topological polar surface area (TPSA) is 166 Å². The Morgan fingerprint density at radius 3 is 2.10 bits per heavy atom. The van der Waals surface area contributed by atoms with Crippen molar-refractivity contribution in [3.63, 3.8) is 0 Å². The van der Waals surface area contributed by atoms with Crippen molar-refractivity contribution in [1.82, 2.24) is 21.3 Å². The molecule has 2 bridgehead atoms. The SMILES string of the molecule is CC(C)[C@@H]1NC(=O)[C@@H]([C@H](O)[C@H](Cc2ccccc2)NC(=O)OC(C)(C)C)NCc2ccc(cc2)OCCOCCOCCOCCNC1=O. The summed E-state index contributed by atoms with van der Waals surface area (Å²) in [6.07, 6.45) is -1.95. The van der Waals surface area contributed by atoms with Gasteiger partial charge in [-0.05, 0) is 56.4 Å². The molecule has 0 unspecified atom stereocenters. The van der Waals surface area contributed by atoms with Crippen molar-refractivity contribution in [1.29, 1.82) is 0 Å². The van der Waals surface area contributed by atoms with Crippen LogP contribution in [0, 0.1) is 5.92 Å². The van der Waals surface area contributed by atoms with Crippen molar-refractivity contribution in [2.24, 2.45) is 5.92 Å². The average molecular weight is 687 g/mol. The van der Waals surface area contributed by atoms with E-state index >= 15 is 0 Å².